The quantitative estimate of drug-likeness (QED) is 0.0573. The van der Waals surface area contributed by atoms with Crippen molar-refractivity contribution < 1.29 is 42.7 Å². The fourth-order valence-corrected chi connectivity index (χ4v) is 10.0. The van der Waals surface area contributed by atoms with E-state index in [0.29, 0.717) is 83.5 Å². The van der Waals surface area contributed by atoms with E-state index in [9.17, 15) is 9.59 Å². The van der Waals surface area contributed by atoms with E-state index in [2.05, 4.69) is 52.2 Å². The molecule has 11 heteroatoms. The molecule has 0 saturated carbocycles. The number of carbonyl (C=O) groups is 2. The van der Waals surface area contributed by atoms with Gasteiger partial charge in [-0.05, 0) is 43.9 Å². The van der Waals surface area contributed by atoms with E-state index >= 15 is 0 Å². The standard InChI is InChI=1S/C62H122N2O9/c1-7-10-12-14-16-18-20-22-24-26-28-30-32-34-36-41-46-69-53-58(70-47-42-37-35-33-31-29-27-25-23-21-19-17-15-13-11-8-2)54-72-62(66)64-44-40-38-39-43-60(65)63-45-48-67-49-50-68-51-52-71-61-57(6)55(4)56(5)59(9-3)73-61/h55-59,61H,7-54H2,1-6H3,(H,63,65)(H,64,66)/t55-,56-,57?,58-,59?,61-/m0/s1. The highest BCUT2D eigenvalue weighted by Gasteiger charge is 2.38. The Morgan fingerprint density at radius 3 is 1.38 bits per heavy atom. The molecule has 2 amide bonds. The second-order valence-corrected chi connectivity index (χ2v) is 22.0. The summed E-state index contributed by atoms with van der Waals surface area (Å²) >= 11 is 0. The summed E-state index contributed by atoms with van der Waals surface area (Å²) in [5, 5.41) is 5.80. The van der Waals surface area contributed by atoms with Crippen molar-refractivity contribution in [2.45, 2.75) is 298 Å². The van der Waals surface area contributed by atoms with Crippen LogP contribution in [0.3, 0.4) is 0 Å². The Bertz CT molecular complexity index is 1160. The fourth-order valence-electron chi connectivity index (χ4n) is 10.0. The highest BCUT2D eigenvalue weighted by Crippen LogP contribution is 2.36. The summed E-state index contributed by atoms with van der Waals surface area (Å²) in [4.78, 5) is 24.9. The maximum atomic E-state index is 12.6. The molecular formula is C62H122N2O9. The maximum Gasteiger partial charge on any atom is 0.407 e. The first-order valence-corrected chi connectivity index (χ1v) is 31.6. The van der Waals surface area contributed by atoms with Crippen molar-refractivity contribution in [1.82, 2.24) is 10.6 Å². The van der Waals surface area contributed by atoms with Crippen LogP contribution in [0.15, 0.2) is 0 Å². The number of amides is 2. The van der Waals surface area contributed by atoms with E-state index in [-0.39, 0.29) is 31.0 Å². The Hall–Kier alpha value is -1.50. The first-order valence-electron chi connectivity index (χ1n) is 31.6. The average molecular weight is 1040 g/mol. The largest absolute Gasteiger partial charge is 0.447 e. The molecule has 73 heavy (non-hydrogen) atoms. The zero-order valence-corrected chi connectivity index (χ0v) is 49.1. The molecule has 0 bridgehead atoms. The molecule has 1 fully saturated rings. The lowest BCUT2D eigenvalue weighted by Crippen LogP contribution is -2.45. The van der Waals surface area contributed by atoms with Crippen LogP contribution in [0.4, 0.5) is 4.79 Å². The molecular weight excluding hydrogens is 917 g/mol. The predicted octanol–water partition coefficient (Wildman–Crippen LogP) is 16.4. The fraction of sp³-hybridized carbons (Fsp3) is 0.968. The highest BCUT2D eigenvalue weighted by atomic mass is 16.7. The molecule has 0 aromatic rings. The van der Waals surface area contributed by atoms with Crippen LogP contribution >= 0.6 is 0 Å². The number of unbranched alkanes of at least 4 members (excludes halogenated alkanes) is 32. The lowest BCUT2D eigenvalue weighted by atomic mass is 9.78. The van der Waals surface area contributed by atoms with Crippen LogP contribution in [0, 0.1) is 17.8 Å². The van der Waals surface area contributed by atoms with E-state index in [1.54, 1.807) is 0 Å². The van der Waals surface area contributed by atoms with Crippen molar-refractivity contribution >= 4 is 12.0 Å². The second kappa shape index (κ2) is 53.9. The van der Waals surface area contributed by atoms with Gasteiger partial charge in [-0.3, -0.25) is 4.79 Å². The van der Waals surface area contributed by atoms with Gasteiger partial charge in [-0.2, -0.15) is 0 Å². The van der Waals surface area contributed by atoms with Crippen molar-refractivity contribution in [3.63, 3.8) is 0 Å². The molecule has 1 aliphatic heterocycles. The highest BCUT2D eigenvalue weighted by molar-refractivity contribution is 5.75. The van der Waals surface area contributed by atoms with Crippen molar-refractivity contribution in [1.29, 1.82) is 0 Å². The van der Waals surface area contributed by atoms with Crippen molar-refractivity contribution in [2.75, 3.05) is 72.6 Å². The van der Waals surface area contributed by atoms with Crippen molar-refractivity contribution in [3.8, 4) is 0 Å². The molecule has 2 N–H and O–H groups in total. The van der Waals surface area contributed by atoms with Gasteiger partial charge in [-0.1, -0.05) is 241 Å². The first-order chi connectivity index (χ1) is 35.8. The number of hydrogen-bond acceptors (Lipinski definition) is 9. The van der Waals surface area contributed by atoms with Crippen LogP contribution in [-0.2, 0) is 38.0 Å². The van der Waals surface area contributed by atoms with E-state index < -0.39 is 6.09 Å². The Morgan fingerprint density at radius 1 is 0.425 bits per heavy atom. The molecule has 0 aliphatic carbocycles. The molecule has 6 atom stereocenters. The number of hydrogen-bond donors (Lipinski definition) is 2. The zero-order valence-electron chi connectivity index (χ0n) is 49.1. The molecule has 0 aromatic carbocycles. The summed E-state index contributed by atoms with van der Waals surface area (Å²) in [6.07, 6.45) is 46.3. The molecule has 2 unspecified atom stereocenters. The third kappa shape index (κ3) is 44.2. The van der Waals surface area contributed by atoms with Crippen molar-refractivity contribution in [3.05, 3.63) is 0 Å². The van der Waals surface area contributed by atoms with Gasteiger partial charge in [0.05, 0.1) is 45.7 Å². The van der Waals surface area contributed by atoms with E-state index in [0.717, 1.165) is 45.1 Å². The molecule has 0 aromatic heterocycles. The first kappa shape index (κ1) is 69.5. The molecule has 434 valence electrons. The van der Waals surface area contributed by atoms with Gasteiger partial charge in [0, 0.05) is 38.6 Å². The molecule has 1 aliphatic rings. The topological polar surface area (TPSA) is 123 Å². The SMILES string of the molecule is CCCCCCCCCCCCCCCCCCOC[C@@H](COC(=O)NCCCCCC(=O)NCCOCCOCCO[C@H]1OC(CC)[C@@H](C)[C@H](C)C1C)OCCCCCCCCCCCCCCCCCC. The van der Waals surface area contributed by atoms with Gasteiger partial charge in [0.25, 0.3) is 0 Å². The van der Waals surface area contributed by atoms with Crippen molar-refractivity contribution in [2.24, 2.45) is 17.8 Å². The molecule has 0 spiro atoms. The van der Waals surface area contributed by atoms with Crippen LogP contribution in [0.5, 0.6) is 0 Å². The zero-order chi connectivity index (χ0) is 52.9. The summed E-state index contributed by atoms with van der Waals surface area (Å²) in [5.74, 6) is 1.46. The number of carbonyl (C=O) groups excluding carboxylic acids is 2. The van der Waals surface area contributed by atoms with Crippen LogP contribution < -0.4 is 10.6 Å². The third-order valence-electron chi connectivity index (χ3n) is 15.4. The number of rotatable bonds is 56. The predicted molar refractivity (Wildman–Crippen MR) is 305 cm³/mol. The Labute approximate surface area is 451 Å². The van der Waals surface area contributed by atoms with Gasteiger partial charge in [-0.25, -0.2) is 4.79 Å². The minimum Gasteiger partial charge on any atom is -0.447 e. The van der Waals surface area contributed by atoms with Gasteiger partial charge in [-0.15, -0.1) is 0 Å². The smallest absolute Gasteiger partial charge is 0.407 e. The third-order valence-corrected chi connectivity index (χ3v) is 15.4. The van der Waals surface area contributed by atoms with E-state index in [1.807, 2.05) is 0 Å². The second-order valence-electron chi connectivity index (χ2n) is 22.0. The van der Waals surface area contributed by atoms with Crippen LogP contribution in [0.2, 0.25) is 0 Å². The summed E-state index contributed by atoms with van der Waals surface area (Å²) in [6.45, 7) is 18.9. The van der Waals surface area contributed by atoms with Crippen LogP contribution in [0.1, 0.15) is 279 Å². The van der Waals surface area contributed by atoms with Crippen LogP contribution in [-0.4, -0.2) is 103 Å². The lowest BCUT2D eigenvalue weighted by molar-refractivity contribution is -0.251. The van der Waals surface area contributed by atoms with Gasteiger partial charge in [0.15, 0.2) is 6.29 Å². The molecule has 1 saturated heterocycles. The monoisotopic (exact) mass is 1040 g/mol. The van der Waals surface area contributed by atoms with Gasteiger partial charge in [0.1, 0.15) is 12.7 Å². The van der Waals surface area contributed by atoms with E-state index in [4.69, 9.17) is 33.2 Å². The number of ether oxygens (including phenoxy) is 7. The molecule has 0 radical (unpaired) electrons. The molecule has 11 nitrogen and oxygen atoms in total. The maximum absolute atomic E-state index is 12.6. The average Bonchev–Trinajstić information content (AvgIpc) is 3.39. The summed E-state index contributed by atoms with van der Waals surface area (Å²) in [7, 11) is 0. The summed E-state index contributed by atoms with van der Waals surface area (Å²) in [5.41, 5.74) is 0. The molecule has 1 heterocycles. The van der Waals surface area contributed by atoms with Crippen LogP contribution in [0.25, 0.3) is 0 Å². The number of alkyl carbamates (subject to hydrolysis) is 1. The minimum absolute atomic E-state index is 0.0141. The van der Waals surface area contributed by atoms with Gasteiger partial charge >= 0.3 is 6.09 Å². The van der Waals surface area contributed by atoms with Gasteiger partial charge in [0.2, 0.25) is 5.91 Å². The Morgan fingerprint density at radius 2 is 0.877 bits per heavy atom. The Balaban J connectivity index is 2.16. The summed E-state index contributed by atoms with van der Waals surface area (Å²) in [6, 6.07) is 0. The molecule has 1 rings (SSSR count). The Kier molecular flexibility index (Phi) is 51.3. The van der Waals surface area contributed by atoms with Gasteiger partial charge < -0.3 is 43.8 Å². The normalized spacial score (nSPS) is 18.3. The minimum atomic E-state index is -0.427. The van der Waals surface area contributed by atoms with E-state index in [1.165, 1.54) is 193 Å². The summed E-state index contributed by atoms with van der Waals surface area (Å²) < 4.78 is 41.4. The lowest BCUT2D eigenvalue weighted by Gasteiger charge is -2.43. The number of nitrogens with one attached hydrogen (secondary N) is 2.